The van der Waals surface area contributed by atoms with Gasteiger partial charge in [-0.1, -0.05) is 62.3 Å². The van der Waals surface area contributed by atoms with Crippen molar-refractivity contribution in [1.82, 2.24) is 5.32 Å². The Hall–Kier alpha value is -0.0400. The molecule has 2 atom stereocenters. The van der Waals surface area contributed by atoms with E-state index in [-0.39, 0.29) is 0 Å². The minimum absolute atomic E-state index is 0.403. The first-order valence-corrected chi connectivity index (χ1v) is 8.61. The van der Waals surface area contributed by atoms with Crippen LogP contribution in [0.15, 0.2) is 0 Å². The summed E-state index contributed by atoms with van der Waals surface area (Å²) in [5.41, 5.74) is 1.24. The summed E-state index contributed by atoms with van der Waals surface area (Å²) < 4.78 is 0. The van der Waals surface area contributed by atoms with Gasteiger partial charge in [-0.2, -0.15) is 0 Å². The molecule has 0 aromatic heterocycles. The quantitative estimate of drug-likeness (QED) is 0.732. The summed E-state index contributed by atoms with van der Waals surface area (Å²) in [4.78, 5) is 0. The maximum Gasteiger partial charge on any atom is 0.000517 e. The van der Waals surface area contributed by atoms with Gasteiger partial charge in [0.1, 0.15) is 0 Å². The fourth-order valence-corrected chi connectivity index (χ4v) is 4.20. The highest BCUT2D eigenvalue weighted by Crippen LogP contribution is 2.50. The van der Waals surface area contributed by atoms with Gasteiger partial charge in [-0.25, -0.2) is 0 Å². The minimum atomic E-state index is 0.403. The summed E-state index contributed by atoms with van der Waals surface area (Å²) in [6.45, 7) is 24.4. The molecule has 1 N–H and O–H groups in total. The molecule has 20 heavy (non-hydrogen) atoms. The third kappa shape index (κ3) is 4.00. The Labute approximate surface area is 128 Å². The average Bonchev–Trinajstić information content (AvgIpc) is 2.38. The van der Waals surface area contributed by atoms with Gasteiger partial charge >= 0.3 is 0 Å². The number of hydrogen-bond donors (Lipinski definition) is 1. The highest BCUT2D eigenvalue weighted by atomic mass is 14.9. The smallest absolute Gasteiger partial charge is 0.000517 e. The molecular weight excluding hydrogens is 242 g/mol. The van der Waals surface area contributed by atoms with Crippen LogP contribution in [0.25, 0.3) is 0 Å². The predicted molar refractivity (Wildman–Crippen MR) is 90.9 cm³/mol. The zero-order valence-electron chi connectivity index (χ0n) is 15.6. The third-order valence-corrected chi connectivity index (χ3v) is 6.53. The molecule has 1 saturated heterocycles. The normalized spacial score (nSPS) is 28.5. The minimum Gasteiger partial charge on any atom is -0.316 e. The van der Waals surface area contributed by atoms with Crippen LogP contribution in [-0.2, 0) is 0 Å². The Balaban J connectivity index is 2.94. The largest absolute Gasteiger partial charge is 0.316 e. The molecule has 0 amide bonds. The van der Waals surface area contributed by atoms with Crippen molar-refractivity contribution in [2.75, 3.05) is 13.1 Å². The Morgan fingerprint density at radius 3 is 2.20 bits per heavy atom. The lowest BCUT2D eigenvalue weighted by atomic mass is 9.58. The molecule has 1 heterocycles. The Bertz CT molecular complexity index is 312. The molecule has 0 bridgehead atoms. The first-order valence-electron chi connectivity index (χ1n) is 8.61. The van der Waals surface area contributed by atoms with Crippen LogP contribution in [0.5, 0.6) is 0 Å². The molecular formula is C19H39N. The van der Waals surface area contributed by atoms with E-state index in [1.807, 2.05) is 0 Å². The molecule has 0 radical (unpaired) electrons. The Kier molecular flexibility index (Phi) is 5.39. The molecule has 1 nitrogen and oxygen atoms in total. The van der Waals surface area contributed by atoms with Gasteiger partial charge < -0.3 is 5.32 Å². The molecule has 0 saturated carbocycles. The highest BCUT2D eigenvalue weighted by molar-refractivity contribution is 4.94. The van der Waals surface area contributed by atoms with Gasteiger partial charge in [0, 0.05) is 6.54 Å². The van der Waals surface area contributed by atoms with Crippen molar-refractivity contribution in [1.29, 1.82) is 0 Å². The van der Waals surface area contributed by atoms with E-state index in [4.69, 9.17) is 0 Å². The van der Waals surface area contributed by atoms with Crippen LogP contribution in [0, 0.1) is 34.0 Å². The number of hydrogen-bond acceptors (Lipinski definition) is 1. The van der Waals surface area contributed by atoms with E-state index in [0.29, 0.717) is 16.2 Å². The van der Waals surface area contributed by atoms with Gasteiger partial charge in [0.25, 0.3) is 0 Å². The van der Waals surface area contributed by atoms with E-state index in [0.717, 1.165) is 24.3 Å². The van der Waals surface area contributed by atoms with Crippen molar-refractivity contribution in [2.45, 2.75) is 75.2 Å². The van der Waals surface area contributed by atoms with Gasteiger partial charge in [-0.3, -0.25) is 0 Å². The second-order valence-corrected chi connectivity index (χ2v) is 9.66. The Morgan fingerprint density at radius 1 is 1.15 bits per heavy atom. The molecule has 0 spiro atoms. The van der Waals surface area contributed by atoms with Crippen LogP contribution in [0.1, 0.15) is 75.2 Å². The first-order chi connectivity index (χ1) is 8.90. The standard InChI is InChI=1S/C19H39N/c1-14(2)17(4,5)12-18(6,7)16-10-11-20-13-19(8,9)15(16)3/h14-16,20H,10-13H2,1-9H3. The zero-order valence-corrected chi connectivity index (χ0v) is 15.6. The first kappa shape index (κ1) is 18.0. The molecule has 1 fully saturated rings. The molecule has 120 valence electrons. The predicted octanol–water partition coefficient (Wildman–Crippen LogP) is 5.36. The third-order valence-electron chi connectivity index (χ3n) is 6.53. The van der Waals surface area contributed by atoms with E-state index in [1.54, 1.807) is 0 Å². The van der Waals surface area contributed by atoms with Crippen molar-refractivity contribution < 1.29 is 0 Å². The van der Waals surface area contributed by atoms with Crippen molar-refractivity contribution in [3.05, 3.63) is 0 Å². The van der Waals surface area contributed by atoms with E-state index in [1.165, 1.54) is 19.4 Å². The molecule has 1 heteroatoms. The van der Waals surface area contributed by atoms with Crippen molar-refractivity contribution in [2.24, 2.45) is 34.0 Å². The summed E-state index contributed by atoms with van der Waals surface area (Å²) >= 11 is 0. The second kappa shape index (κ2) is 5.99. The molecule has 1 aliphatic rings. The SMILES string of the molecule is CC(C)C(C)(C)CC(C)(C)C1CCNCC(C)(C)C1C. The second-order valence-electron chi connectivity index (χ2n) is 9.66. The van der Waals surface area contributed by atoms with Crippen molar-refractivity contribution >= 4 is 0 Å². The topological polar surface area (TPSA) is 12.0 Å². The highest BCUT2D eigenvalue weighted by Gasteiger charge is 2.43. The van der Waals surface area contributed by atoms with Gasteiger partial charge in [0.15, 0.2) is 0 Å². The van der Waals surface area contributed by atoms with E-state index in [2.05, 4.69) is 67.6 Å². The number of nitrogens with one attached hydrogen (secondary N) is 1. The zero-order chi connectivity index (χ0) is 15.8. The monoisotopic (exact) mass is 281 g/mol. The molecule has 1 aliphatic heterocycles. The van der Waals surface area contributed by atoms with Crippen LogP contribution in [0.2, 0.25) is 0 Å². The summed E-state index contributed by atoms with van der Waals surface area (Å²) in [7, 11) is 0. The van der Waals surface area contributed by atoms with Crippen LogP contribution >= 0.6 is 0 Å². The lowest BCUT2D eigenvalue weighted by molar-refractivity contribution is 0.0260. The van der Waals surface area contributed by atoms with Crippen LogP contribution in [0.3, 0.4) is 0 Å². The summed E-state index contributed by atoms with van der Waals surface area (Å²) in [6, 6.07) is 0. The fraction of sp³-hybridized carbons (Fsp3) is 1.00. The maximum atomic E-state index is 3.66. The van der Waals surface area contributed by atoms with E-state index >= 15 is 0 Å². The fourth-order valence-electron chi connectivity index (χ4n) is 4.20. The summed E-state index contributed by atoms with van der Waals surface area (Å²) in [5.74, 6) is 2.33. The average molecular weight is 282 g/mol. The van der Waals surface area contributed by atoms with Crippen molar-refractivity contribution in [3.8, 4) is 0 Å². The van der Waals surface area contributed by atoms with Gasteiger partial charge in [0.05, 0.1) is 0 Å². The number of rotatable bonds is 4. The molecule has 0 aromatic rings. The lowest BCUT2D eigenvalue weighted by Gasteiger charge is -2.47. The lowest BCUT2D eigenvalue weighted by Crippen LogP contribution is -2.40. The molecule has 0 aliphatic carbocycles. The maximum absolute atomic E-state index is 3.66. The summed E-state index contributed by atoms with van der Waals surface area (Å²) in [5, 5.41) is 3.66. The van der Waals surface area contributed by atoms with E-state index in [9.17, 15) is 0 Å². The Morgan fingerprint density at radius 2 is 1.70 bits per heavy atom. The van der Waals surface area contributed by atoms with Gasteiger partial charge in [-0.15, -0.1) is 0 Å². The van der Waals surface area contributed by atoms with E-state index < -0.39 is 0 Å². The van der Waals surface area contributed by atoms with Gasteiger partial charge in [-0.05, 0) is 53.4 Å². The van der Waals surface area contributed by atoms with Crippen LogP contribution in [-0.4, -0.2) is 13.1 Å². The van der Waals surface area contributed by atoms with Crippen LogP contribution < -0.4 is 5.32 Å². The summed E-state index contributed by atoms with van der Waals surface area (Å²) in [6.07, 6.45) is 2.65. The molecule has 2 unspecified atom stereocenters. The van der Waals surface area contributed by atoms with Crippen molar-refractivity contribution in [3.63, 3.8) is 0 Å². The van der Waals surface area contributed by atoms with Crippen LogP contribution in [0.4, 0.5) is 0 Å². The molecule has 1 rings (SSSR count). The van der Waals surface area contributed by atoms with Gasteiger partial charge in [0.2, 0.25) is 0 Å². The molecule has 0 aromatic carbocycles.